The second-order valence-electron chi connectivity index (χ2n) is 11.5. The molecule has 0 atom stereocenters. The van der Waals surface area contributed by atoms with Crippen LogP contribution in [0.2, 0.25) is 18.1 Å². The minimum absolute atomic E-state index is 0.0311. The first-order valence-corrected chi connectivity index (χ1v) is 14.0. The largest absolute Gasteiger partial charge is 0.496 e. The summed E-state index contributed by atoms with van der Waals surface area (Å²) in [5, 5.41) is 9.67. The van der Waals surface area contributed by atoms with Gasteiger partial charge in [-0.2, -0.15) is 0 Å². The summed E-state index contributed by atoms with van der Waals surface area (Å²) in [6.45, 7) is 21.2. The molecule has 1 aromatic rings. The van der Waals surface area contributed by atoms with E-state index in [0.29, 0.717) is 24.3 Å². The standard InChI is InChI=1S/C25H42O6Si/c1-23(2,3)31-20(26)16-17-14-18(22(27)28)15-19(29-9)21(17)25(7,8)12-13-30-32(10,11)24(4,5)6/h14-15H,12-13,16H2,1-11H3,(H,27,28). The molecule has 0 saturated carbocycles. The number of hydrogen-bond donors (Lipinski definition) is 1. The minimum Gasteiger partial charge on any atom is -0.496 e. The quantitative estimate of drug-likeness (QED) is 0.357. The van der Waals surface area contributed by atoms with Crippen LogP contribution < -0.4 is 4.74 Å². The van der Waals surface area contributed by atoms with Gasteiger partial charge in [-0.15, -0.1) is 0 Å². The Hall–Kier alpha value is -1.86. The van der Waals surface area contributed by atoms with E-state index in [1.807, 2.05) is 20.8 Å². The summed E-state index contributed by atoms with van der Waals surface area (Å²) in [5.74, 6) is -1.02. The highest BCUT2D eigenvalue weighted by Gasteiger charge is 2.38. The number of carboxylic acid groups (broad SMARTS) is 1. The zero-order valence-corrected chi connectivity index (χ0v) is 22.8. The fourth-order valence-electron chi connectivity index (χ4n) is 3.30. The molecule has 0 radical (unpaired) electrons. The van der Waals surface area contributed by atoms with E-state index in [0.717, 1.165) is 5.56 Å². The van der Waals surface area contributed by atoms with E-state index >= 15 is 0 Å². The number of benzene rings is 1. The highest BCUT2D eigenvalue weighted by molar-refractivity contribution is 6.74. The molecule has 1 N–H and O–H groups in total. The Labute approximate surface area is 194 Å². The van der Waals surface area contributed by atoms with Gasteiger partial charge >= 0.3 is 11.9 Å². The first-order chi connectivity index (χ1) is 14.3. The molecule has 1 rings (SSSR count). The molecule has 0 fully saturated rings. The van der Waals surface area contributed by atoms with E-state index < -0.39 is 31.3 Å². The van der Waals surface area contributed by atoms with Gasteiger partial charge in [-0.05, 0) is 68.4 Å². The van der Waals surface area contributed by atoms with E-state index in [9.17, 15) is 14.7 Å². The van der Waals surface area contributed by atoms with Gasteiger partial charge in [0.15, 0.2) is 8.32 Å². The predicted octanol–water partition coefficient (Wildman–Crippen LogP) is 5.97. The molecule has 0 saturated heterocycles. The zero-order valence-electron chi connectivity index (χ0n) is 21.8. The van der Waals surface area contributed by atoms with Crippen LogP contribution in [0.4, 0.5) is 0 Å². The second-order valence-corrected chi connectivity index (χ2v) is 16.3. The van der Waals surface area contributed by atoms with Crippen molar-refractivity contribution in [2.24, 2.45) is 0 Å². The summed E-state index contributed by atoms with van der Waals surface area (Å²) in [5.41, 5.74) is 0.459. The molecule has 0 aliphatic heterocycles. The maximum Gasteiger partial charge on any atom is 0.335 e. The summed E-state index contributed by atoms with van der Waals surface area (Å²) in [7, 11) is -0.383. The van der Waals surface area contributed by atoms with Crippen molar-refractivity contribution in [2.45, 2.75) is 97.4 Å². The lowest BCUT2D eigenvalue weighted by atomic mass is 9.77. The van der Waals surface area contributed by atoms with E-state index in [1.165, 1.54) is 13.2 Å². The average molecular weight is 467 g/mol. The number of rotatable bonds is 9. The molecule has 7 heteroatoms. The van der Waals surface area contributed by atoms with E-state index in [4.69, 9.17) is 13.9 Å². The SMILES string of the molecule is COc1cc(C(=O)O)cc(CC(=O)OC(C)(C)C)c1C(C)(C)CCO[Si](C)(C)C(C)(C)C. The lowest BCUT2D eigenvalue weighted by molar-refractivity contribution is -0.153. The molecule has 0 unspecified atom stereocenters. The Balaban J connectivity index is 3.35. The van der Waals surface area contributed by atoms with Crippen molar-refractivity contribution in [3.8, 4) is 5.75 Å². The van der Waals surface area contributed by atoms with E-state index in [1.54, 1.807) is 6.07 Å². The molecule has 0 aliphatic rings. The number of aromatic carboxylic acids is 1. The summed E-state index contributed by atoms with van der Waals surface area (Å²) < 4.78 is 17.5. The van der Waals surface area contributed by atoms with Crippen LogP contribution >= 0.6 is 0 Å². The fraction of sp³-hybridized carbons (Fsp3) is 0.680. The van der Waals surface area contributed by atoms with Gasteiger partial charge in [0.05, 0.1) is 19.1 Å². The van der Waals surface area contributed by atoms with Crippen LogP contribution in [0.3, 0.4) is 0 Å². The predicted molar refractivity (Wildman–Crippen MR) is 130 cm³/mol. The maximum atomic E-state index is 12.6. The van der Waals surface area contributed by atoms with Gasteiger partial charge in [-0.25, -0.2) is 4.79 Å². The molecule has 32 heavy (non-hydrogen) atoms. The Kier molecular flexibility index (Phi) is 8.76. The zero-order chi connectivity index (χ0) is 25.1. The van der Waals surface area contributed by atoms with Gasteiger partial charge in [0.1, 0.15) is 11.4 Å². The van der Waals surface area contributed by atoms with Crippen molar-refractivity contribution in [1.82, 2.24) is 0 Å². The molecule has 6 nitrogen and oxygen atoms in total. The first-order valence-electron chi connectivity index (χ1n) is 11.1. The normalized spacial score (nSPS) is 13.1. The number of carbonyl (C=O) groups is 2. The third kappa shape index (κ3) is 7.62. The van der Waals surface area contributed by atoms with E-state index in [-0.39, 0.29) is 17.0 Å². The number of hydrogen-bond acceptors (Lipinski definition) is 5. The van der Waals surface area contributed by atoms with Gasteiger partial charge < -0.3 is 19.0 Å². The van der Waals surface area contributed by atoms with Crippen LogP contribution in [0, 0.1) is 0 Å². The molecule has 0 heterocycles. The summed E-state index contributed by atoms with van der Waals surface area (Å²) in [4.78, 5) is 24.3. The summed E-state index contributed by atoms with van der Waals surface area (Å²) in [6.07, 6.45) is 0.667. The number of esters is 1. The summed E-state index contributed by atoms with van der Waals surface area (Å²) >= 11 is 0. The minimum atomic E-state index is -1.90. The van der Waals surface area contributed by atoms with Crippen LogP contribution in [0.15, 0.2) is 12.1 Å². The molecule has 1 aromatic carbocycles. The van der Waals surface area contributed by atoms with Gasteiger partial charge in [0, 0.05) is 12.2 Å². The molecular formula is C25H42O6Si. The Morgan fingerprint density at radius 1 is 1.00 bits per heavy atom. The van der Waals surface area contributed by atoms with Crippen molar-refractivity contribution in [3.05, 3.63) is 28.8 Å². The van der Waals surface area contributed by atoms with Gasteiger partial charge in [-0.3, -0.25) is 4.79 Å². The van der Waals surface area contributed by atoms with Crippen molar-refractivity contribution >= 4 is 20.3 Å². The molecule has 182 valence electrons. The smallest absolute Gasteiger partial charge is 0.335 e. The Bertz CT molecular complexity index is 828. The fourth-order valence-corrected chi connectivity index (χ4v) is 4.35. The molecule has 0 amide bonds. The van der Waals surface area contributed by atoms with Crippen molar-refractivity contribution in [1.29, 1.82) is 0 Å². The van der Waals surface area contributed by atoms with Crippen LogP contribution in [-0.4, -0.2) is 44.7 Å². The molecule has 0 aliphatic carbocycles. The lowest BCUT2D eigenvalue weighted by Gasteiger charge is -2.38. The maximum absolute atomic E-state index is 12.6. The third-order valence-electron chi connectivity index (χ3n) is 6.08. The molecular weight excluding hydrogens is 424 g/mol. The topological polar surface area (TPSA) is 82.1 Å². The third-order valence-corrected chi connectivity index (χ3v) is 10.6. The van der Waals surface area contributed by atoms with Gasteiger partial charge in [0.25, 0.3) is 0 Å². The van der Waals surface area contributed by atoms with Crippen LogP contribution in [0.25, 0.3) is 0 Å². The van der Waals surface area contributed by atoms with Crippen LogP contribution in [0.1, 0.15) is 83.3 Å². The first kappa shape index (κ1) is 28.2. The highest BCUT2D eigenvalue weighted by atomic mass is 28.4. The number of methoxy groups -OCH3 is 1. The monoisotopic (exact) mass is 466 g/mol. The van der Waals surface area contributed by atoms with Crippen LogP contribution in [-0.2, 0) is 25.8 Å². The van der Waals surface area contributed by atoms with Gasteiger partial charge in [0.2, 0.25) is 0 Å². The van der Waals surface area contributed by atoms with Gasteiger partial charge in [-0.1, -0.05) is 34.6 Å². The second kappa shape index (κ2) is 9.95. The number of ether oxygens (including phenoxy) is 2. The van der Waals surface area contributed by atoms with Crippen molar-refractivity contribution in [2.75, 3.05) is 13.7 Å². The number of carboxylic acids is 1. The molecule has 0 spiro atoms. The highest BCUT2D eigenvalue weighted by Crippen LogP contribution is 2.40. The summed E-state index contributed by atoms with van der Waals surface area (Å²) in [6, 6.07) is 3.08. The molecule has 0 bridgehead atoms. The van der Waals surface area contributed by atoms with E-state index in [2.05, 4.69) is 47.7 Å². The number of carbonyl (C=O) groups excluding carboxylic acids is 1. The Morgan fingerprint density at radius 2 is 1.56 bits per heavy atom. The van der Waals surface area contributed by atoms with Crippen molar-refractivity contribution < 1.29 is 28.6 Å². The Morgan fingerprint density at radius 3 is 2.00 bits per heavy atom. The lowest BCUT2D eigenvalue weighted by Crippen LogP contribution is -2.41. The average Bonchev–Trinajstić information content (AvgIpc) is 2.57. The molecule has 0 aromatic heterocycles. The van der Waals surface area contributed by atoms with Crippen LogP contribution in [0.5, 0.6) is 5.75 Å². The van der Waals surface area contributed by atoms with Crippen molar-refractivity contribution in [3.63, 3.8) is 0 Å².